The molecule has 0 aliphatic carbocycles. The largest absolute Gasteiger partial charge is 0.480 e. The van der Waals surface area contributed by atoms with Crippen LogP contribution in [0.15, 0.2) is 0 Å². The quantitative estimate of drug-likeness (QED) is 0.631. The van der Waals surface area contributed by atoms with Gasteiger partial charge in [-0.05, 0) is 12.8 Å². The van der Waals surface area contributed by atoms with Gasteiger partial charge in [0.2, 0.25) is 5.91 Å². The summed E-state index contributed by atoms with van der Waals surface area (Å²) in [7, 11) is 0. The smallest absolute Gasteiger partial charge is 0.326 e. The standard InChI is InChI=1S/C13H21N3O5/c17-9-7-10(12(19)20)16(8-9)13(21)14-4-3-11(18)15-5-1-2-6-15/h9-10,17H,1-8H2,(H,14,21)(H,19,20)/t9-,10+/m1/s1. The molecule has 8 nitrogen and oxygen atoms in total. The molecule has 0 unspecified atom stereocenters. The molecule has 3 N–H and O–H groups in total. The number of nitrogens with zero attached hydrogens (tertiary/aromatic N) is 2. The maximum Gasteiger partial charge on any atom is 0.326 e. The van der Waals surface area contributed by atoms with E-state index in [-0.39, 0.29) is 31.8 Å². The van der Waals surface area contributed by atoms with Gasteiger partial charge < -0.3 is 25.3 Å². The molecule has 0 radical (unpaired) electrons. The maximum absolute atomic E-state index is 11.9. The van der Waals surface area contributed by atoms with Crippen LogP contribution in [0.5, 0.6) is 0 Å². The first-order valence-corrected chi connectivity index (χ1v) is 7.22. The van der Waals surface area contributed by atoms with Crippen LogP contribution < -0.4 is 5.32 Å². The molecule has 0 bridgehead atoms. The molecule has 21 heavy (non-hydrogen) atoms. The summed E-state index contributed by atoms with van der Waals surface area (Å²) < 4.78 is 0. The van der Waals surface area contributed by atoms with Crippen LogP contribution >= 0.6 is 0 Å². The van der Waals surface area contributed by atoms with Gasteiger partial charge in [-0.3, -0.25) is 4.79 Å². The first kappa shape index (κ1) is 15.6. The van der Waals surface area contributed by atoms with E-state index in [1.165, 1.54) is 0 Å². The number of nitrogens with one attached hydrogen (secondary N) is 1. The Balaban J connectivity index is 1.76. The third-order valence-electron chi connectivity index (χ3n) is 3.90. The highest BCUT2D eigenvalue weighted by atomic mass is 16.4. The zero-order chi connectivity index (χ0) is 15.4. The van der Waals surface area contributed by atoms with E-state index in [1.807, 2.05) is 0 Å². The van der Waals surface area contributed by atoms with E-state index < -0.39 is 24.1 Å². The fraction of sp³-hybridized carbons (Fsp3) is 0.769. The van der Waals surface area contributed by atoms with Crippen LogP contribution in [0.2, 0.25) is 0 Å². The minimum atomic E-state index is -1.13. The molecule has 2 aliphatic heterocycles. The van der Waals surface area contributed by atoms with Gasteiger partial charge in [-0.2, -0.15) is 0 Å². The number of amides is 3. The Bertz CT molecular complexity index is 422. The number of rotatable bonds is 4. The Morgan fingerprint density at radius 2 is 1.86 bits per heavy atom. The summed E-state index contributed by atoms with van der Waals surface area (Å²) in [6.07, 6.45) is 1.46. The van der Waals surface area contributed by atoms with Crippen molar-refractivity contribution >= 4 is 17.9 Å². The minimum absolute atomic E-state index is 0.00285. The molecule has 2 fully saturated rings. The molecule has 3 amide bonds. The van der Waals surface area contributed by atoms with Crippen molar-refractivity contribution in [3.05, 3.63) is 0 Å². The number of aliphatic hydroxyl groups is 1. The van der Waals surface area contributed by atoms with Crippen LogP contribution in [-0.4, -0.2) is 76.2 Å². The van der Waals surface area contributed by atoms with Crippen LogP contribution in [0.3, 0.4) is 0 Å². The Kier molecular flexibility index (Phi) is 5.00. The van der Waals surface area contributed by atoms with Gasteiger partial charge in [-0.25, -0.2) is 9.59 Å². The summed E-state index contributed by atoms with van der Waals surface area (Å²) in [5.41, 5.74) is 0. The van der Waals surface area contributed by atoms with Crippen molar-refractivity contribution in [3.63, 3.8) is 0 Å². The lowest BCUT2D eigenvalue weighted by Gasteiger charge is -2.22. The Labute approximate surface area is 122 Å². The number of carboxylic acid groups (broad SMARTS) is 1. The van der Waals surface area contributed by atoms with Crippen LogP contribution in [-0.2, 0) is 9.59 Å². The molecule has 0 saturated carbocycles. The van der Waals surface area contributed by atoms with Gasteiger partial charge in [0.25, 0.3) is 0 Å². The molecule has 2 aliphatic rings. The predicted molar refractivity (Wildman–Crippen MR) is 72.6 cm³/mol. The molecule has 0 aromatic rings. The minimum Gasteiger partial charge on any atom is -0.480 e. The molecule has 8 heteroatoms. The van der Waals surface area contributed by atoms with Crippen LogP contribution in [0.4, 0.5) is 4.79 Å². The molecular formula is C13H21N3O5. The molecule has 2 rings (SSSR count). The zero-order valence-electron chi connectivity index (χ0n) is 11.8. The topological polar surface area (TPSA) is 110 Å². The van der Waals surface area contributed by atoms with Crippen molar-refractivity contribution in [1.82, 2.24) is 15.1 Å². The fourth-order valence-corrected chi connectivity index (χ4v) is 2.77. The van der Waals surface area contributed by atoms with Gasteiger partial charge in [0, 0.05) is 39.0 Å². The molecule has 2 heterocycles. The van der Waals surface area contributed by atoms with E-state index in [9.17, 15) is 19.5 Å². The maximum atomic E-state index is 11.9. The van der Waals surface area contributed by atoms with Crippen LogP contribution in [0, 0.1) is 0 Å². The number of carboxylic acids is 1. The van der Waals surface area contributed by atoms with E-state index in [2.05, 4.69) is 5.32 Å². The number of carbonyl (C=O) groups is 3. The SMILES string of the molecule is O=C(O)[C@@H]1C[C@@H](O)CN1C(=O)NCCC(=O)N1CCCC1. The number of hydrogen-bond donors (Lipinski definition) is 3. The summed E-state index contributed by atoms with van der Waals surface area (Å²) >= 11 is 0. The summed E-state index contributed by atoms with van der Waals surface area (Å²) in [5.74, 6) is -1.13. The molecule has 118 valence electrons. The van der Waals surface area contributed by atoms with Gasteiger partial charge in [0.15, 0.2) is 0 Å². The number of aliphatic carboxylic acids is 1. The summed E-state index contributed by atoms with van der Waals surface area (Å²) in [5, 5.41) is 21.0. The Morgan fingerprint density at radius 3 is 2.48 bits per heavy atom. The normalized spacial score (nSPS) is 25.2. The molecular weight excluding hydrogens is 278 g/mol. The van der Waals surface area contributed by atoms with Crippen molar-refractivity contribution in [2.45, 2.75) is 37.8 Å². The molecule has 0 spiro atoms. The molecule has 2 saturated heterocycles. The van der Waals surface area contributed by atoms with Gasteiger partial charge in [0.05, 0.1) is 6.10 Å². The lowest BCUT2D eigenvalue weighted by molar-refractivity contribution is -0.141. The fourth-order valence-electron chi connectivity index (χ4n) is 2.77. The van der Waals surface area contributed by atoms with Crippen molar-refractivity contribution in [1.29, 1.82) is 0 Å². The number of likely N-dealkylation sites (tertiary alicyclic amines) is 2. The number of β-amino-alcohol motifs (C(OH)–C–C–N with tert-alkyl or cyclic N) is 1. The average molecular weight is 299 g/mol. The predicted octanol–water partition coefficient (Wildman–Crippen LogP) is -0.772. The second-order valence-electron chi connectivity index (χ2n) is 5.47. The average Bonchev–Trinajstić information content (AvgIpc) is 3.07. The van der Waals surface area contributed by atoms with Gasteiger partial charge in [0.1, 0.15) is 6.04 Å². The Hall–Kier alpha value is -1.83. The van der Waals surface area contributed by atoms with E-state index in [0.29, 0.717) is 0 Å². The Morgan fingerprint density at radius 1 is 1.19 bits per heavy atom. The number of hydrogen-bond acceptors (Lipinski definition) is 4. The first-order chi connectivity index (χ1) is 9.99. The van der Waals surface area contributed by atoms with Gasteiger partial charge in [-0.15, -0.1) is 0 Å². The molecule has 0 aromatic carbocycles. The van der Waals surface area contributed by atoms with Gasteiger partial charge >= 0.3 is 12.0 Å². The van der Waals surface area contributed by atoms with Crippen molar-refractivity contribution in [2.24, 2.45) is 0 Å². The highest BCUT2D eigenvalue weighted by Gasteiger charge is 2.38. The van der Waals surface area contributed by atoms with Crippen molar-refractivity contribution in [3.8, 4) is 0 Å². The van der Waals surface area contributed by atoms with E-state index in [4.69, 9.17) is 5.11 Å². The van der Waals surface area contributed by atoms with Crippen LogP contribution in [0.1, 0.15) is 25.7 Å². The zero-order valence-corrected chi connectivity index (χ0v) is 11.8. The highest BCUT2D eigenvalue weighted by Crippen LogP contribution is 2.18. The lowest BCUT2D eigenvalue weighted by atomic mass is 10.2. The second-order valence-corrected chi connectivity index (χ2v) is 5.47. The summed E-state index contributed by atoms with van der Waals surface area (Å²) in [6.45, 7) is 1.72. The van der Waals surface area contributed by atoms with Crippen molar-refractivity contribution in [2.75, 3.05) is 26.2 Å². The van der Waals surface area contributed by atoms with Crippen LogP contribution in [0.25, 0.3) is 0 Å². The third-order valence-corrected chi connectivity index (χ3v) is 3.90. The van der Waals surface area contributed by atoms with E-state index >= 15 is 0 Å². The molecule has 2 atom stereocenters. The molecule has 0 aromatic heterocycles. The first-order valence-electron chi connectivity index (χ1n) is 7.22. The summed E-state index contributed by atoms with van der Waals surface area (Å²) in [6, 6.07) is -1.55. The monoisotopic (exact) mass is 299 g/mol. The van der Waals surface area contributed by atoms with E-state index in [0.717, 1.165) is 30.8 Å². The summed E-state index contributed by atoms with van der Waals surface area (Å²) in [4.78, 5) is 37.6. The number of urea groups is 1. The highest BCUT2D eigenvalue weighted by molar-refractivity contribution is 5.84. The third kappa shape index (κ3) is 3.84. The van der Waals surface area contributed by atoms with Crippen molar-refractivity contribution < 1.29 is 24.6 Å². The number of aliphatic hydroxyl groups excluding tert-OH is 1. The second kappa shape index (κ2) is 6.75. The van der Waals surface area contributed by atoms with E-state index in [1.54, 1.807) is 4.90 Å². The van der Waals surface area contributed by atoms with Gasteiger partial charge in [-0.1, -0.05) is 0 Å². The lowest BCUT2D eigenvalue weighted by Crippen LogP contribution is -2.47. The number of carbonyl (C=O) groups excluding carboxylic acids is 2.